The molecule has 2 heterocycles. The zero-order chi connectivity index (χ0) is 26.8. The summed E-state index contributed by atoms with van der Waals surface area (Å²) in [6, 6.07) is 12.7. The summed E-state index contributed by atoms with van der Waals surface area (Å²) in [4.78, 5) is 6.80. The molecule has 3 aromatic rings. The molecule has 1 aliphatic rings. The van der Waals surface area contributed by atoms with Crippen LogP contribution >= 0.6 is 0 Å². The van der Waals surface area contributed by atoms with Crippen molar-refractivity contribution >= 4 is 0 Å². The smallest absolute Gasteiger partial charge is 0.165 e. The first-order chi connectivity index (χ1) is 18.6. The molecule has 1 aliphatic heterocycles. The van der Waals surface area contributed by atoms with E-state index in [0.29, 0.717) is 13.2 Å². The Kier molecular flexibility index (Phi) is 10.0. The van der Waals surface area contributed by atoms with E-state index in [1.54, 1.807) is 32.4 Å². The number of nitrogens with zero attached hydrogens (tertiary/aromatic N) is 3. The van der Waals surface area contributed by atoms with Gasteiger partial charge in [-0.05, 0) is 62.1 Å². The lowest BCUT2D eigenvalue weighted by Crippen LogP contribution is -2.39. The van der Waals surface area contributed by atoms with Gasteiger partial charge in [-0.1, -0.05) is 25.1 Å². The van der Waals surface area contributed by atoms with Crippen LogP contribution in [0.2, 0.25) is 0 Å². The Balaban J connectivity index is 1.29. The van der Waals surface area contributed by atoms with Gasteiger partial charge >= 0.3 is 0 Å². The number of halogens is 1. The average molecular weight is 526 g/mol. The van der Waals surface area contributed by atoms with E-state index in [9.17, 15) is 4.39 Å². The minimum atomic E-state index is -0.430. The lowest BCUT2D eigenvalue weighted by Gasteiger charge is -2.31. The molecule has 0 bridgehead atoms. The topological polar surface area (TPSA) is 58.0 Å². The van der Waals surface area contributed by atoms with E-state index in [1.807, 2.05) is 18.5 Å². The molecule has 1 fully saturated rings. The van der Waals surface area contributed by atoms with Crippen LogP contribution in [0.25, 0.3) is 0 Å². The van der Waals surface area contributed by atoms with E-state index in [-0.39, 0.29) is 11.6 Å². The Morgan fingerprint density at radius 2 is 1.87 bits per heavy atom. The summed E-state index contributed by atoms with van der Waals surface area (Å²) in [6.07, 6.45) is 8.34. The van der Waals surface area contributed by atoms with Crippen molar-refractivity contribution in [2.24, 2.45) is 0 Å². The molecule has 38 heavy (non-hydrogen) atoms. The first-order valence-corrected chi connectivity index (χ1v) is 13.5. The number of aryl methyl sites for hydroxylation is 2. The van der Waals surface area contributed by atoms with E-state index in [0.717, 1.165) is 75.6 Å². The lowest BCUT2D eigenvalue weighted by molar-refractivity contribution is -0.0548. The zero-order valence-corrected chi connectivity index (χ0v) is 22.8. The highest BCUT2D eigenvalue weighted by atomic mass is 19.1. The summed E-state index contributed by atoms with van der Waals surface area (Å²) in [5, 5.41) is 0. The molecule has 0 unspecified atom stereocenters. The molecule has 206 valence electrons. The Bertz CT molecular complexity index is 1150. The highest BCUT2D eigenvalue weighted by molar-refractivity contribution is 5.43. The number of methoxy groups -OCH3 is 2. The third-order valence-corrected chi connectivity index (χ3v) is 7.30. The van der Waals surface area contributed by atoms with Gasteiger partial charge in [0.2, 0.25) is 0 Å². The van der Waals surface area contributed by atoms with Crippen molar-refractivity contribution in [2.75, 3.05) is 40.5 Å². The predicted molar refractivity (Wildman–Crippen MR) is 145 cm³/mol. The molecule has 0 spiro atoms. The highest BCUT2D eigenvalue weighted by Gasteiger charge is 2.34. The van der Waals surface area contributed by atoms with Crippen LogP contribution < -0.4 is 14.2 Å². The van der Waals surface area contributed by atoms with Crippen LogP contribution in [0, 0.1) is 5.82 Å². The molecule has 2 aromatic carbocycles. The molecular formula is C30H40FN3O4. The van der Waals surface area contributed by atoms with Gasteiger partial charge in [0.15, 0.2) is 23.1 Å². The van der Waals surface area contributed by atoms with Crippen LogP contribution in [0.4, 0.5) is 4.39 Å². The SMILES string of the molecule is CCc1nccn1CCCOc1ccc(CN2CCC[C@@](COc3ccccc3F)(OC)CC2)cc1OC. The van der Waals surface area contributed by atoms with Crippen molar-refractivity contribution in [1.82, 2.24) is 14.5 Å². The van der Waals surface area contributed by atoms with Crippen molar-refractivity contribution in [1.29, 1.82) is 0 Å². The molecule has 0 N–H and O–H groups in total. The second kappa shape index (κ2) is 13.6. The van der Waals surface area contributed by atoms with E-state index >= 15 is 0 Å². The van der Waals surface area contributed by atoms with E-state index in [2.05, 4.69) is 33.5 Å². The molecular weight excluding hydrogens is 485 g/mol. The van der Waals surface area contributed by atoms with Crippen LogP contribution in [-0.2, 0) is 24.2 Å². The van der Waals surface area contributed by atoms with Gasteiger partial charge in [-0.15, -0.1) is 0 Å². The molecule has 4 rings (SSSR count). The maximum Gasteiger partial charge on any atom is 0.165 e. The number of imidazole rings is 1. The standard InChI is InChI=1S/C30H40FN3O4/c1-4-29-32-15-19-34(29)17-8-20-37-27-12-11-24(21-28(27)35-2)22-33-16-7-13-30(36-3,14-18-33)23-38-26-10-6-5-9-25(26)31/h5-6,9-12,15,19,21H,4,7-8,13-14,16-18,20,22-23H2,1-3H3/t30-/m1/s1. The maximum absolute atomic E-state index is 14.0. The van der Waals surface area contributed by atoms with Gasteiger partial charge in [0.1, 0.15) is 18.0 Å². The van der Waals surface area contributed by atoms with E-state index in [4.69, 9.17) is 18.9 Å². The number of rotatable bonds is 13. The van der Waals surface area contributed by atoms with Crippen LogP contribution in [-0.4, -0.2) is 60.6 Å². The lowest BCUT2D eigenvalue weighted by atomic mass is 9.95. The van der Waals surface area contributed by atoms with Gasteiger partial charge in [-0.3, -0.25) is 4.90 Å². The van der Waals surface area contributed by atoms with Crippen molar-refractivity contribution in [2.45, 2.75) is 57.7 Å². The third kappa shape index (κ3) is 7.26. The van der Waals surface area contributed by atoms with Crippen LogP contribution in [0.3, 0.4) is 0 Å². The number of para-hydroxylation sites is 1. The molecule has 0 saturated carbocycles. The predicted octanol–water partition coefficient (Wildman–Crippen LogP) is 5.51. The van der Waals surface area contributed by atoms with Gasteiger partial charge in [0.05, 0.1) is 13.7 Å². The second-order valence-corrected chi connectivity index (χ2v) is 9.81. The molecule has 1 aromatic heterocycles. The summed E-state index contributed by atoms with van der Waals surface area (Å²) in [7, 11) is 3.40. The molecule has 1 saturated heterocycles. The summed E-state index contributed by atoms with van der Waals surface area (Å²) < 4.78 is 39.7. The zero-order valence-electron chi connectivity index (χ0n) is 22.8. The molecule has 1 atom stereocenters. The Labute approximate surface area is 225 Å². The fourth-order valence-electron chi connectivity index (χ4n) is 5.02. The Morgan fingerprint density at radius 1 is 1.00 bits per heavy atom. The quantitative estimate of drug-likeness (QED) is 0.274. The summed E-state index contributed by atoms with van der Waals surface area (Å²) in [5.41, 5.74) is 0.744. The highest BCUT2D eigenvalue weighted by Crippen LogP contribution is 2.31. The number of benzene rings is 2. The minimum absolute atomic E-state index is 0.270. The Morgan fingerprint density at radius 3 is 2.66 bits per heavy atom. The fourth-order valence-corrected chi connectivity index (χ4v) is 5.02. The van der Waals surface area contributed by atoms with Gasteiger partial charge in [-0.25, -0.2) is 9.37 Å². The number of aromatic nitrogens is 2. The third-order valence-electron chi connectivity index (χ3n) is 7.30. The number of ether oxygens (including phenoxy) is 4. The molecule has 0 aliphatic carbocycles. The number of hydrogen-bond donors (Lipinski definition) is 0. The molecule has 0 radical (unpaired) electrons. The maximum atomic E-state index is 14.0. The summed E-state index contributed by atoms with van der Waals surface area (Å²) in [6.45, 7) is 6.57. The van der Waals surface area contributed by atoms with Crippen molar-refractivity contribution in [3.05, 3.63) is 72.1 Å². The van der Waals surface area contributed by atoms with Crippen LogP contribution in [0.5, 0.6) is 17.2 Å². The molecule has 7 nitrogen and oxygen atoms in total. The number of hydrogen-bond acceptors (Lipinski definition) is 6. The largest absolute Gasteiger partial charge is 0.493 e. The fraction of sp³-hybridized carbons (Fsp3) is 0.500. The van der Waals surface area contributed by atoms with Crippen molar-refractivity contribution in [3.63, 3.8) is 0 Å². The molecule has 0 amide bonds. The summed E-state index contributed by atoms with van der Waals surface area (Å²) >= 11 is 0. The van der Waals surface area contributed by atoms with Gasteiger partial charge in [-0.2, -0.15) is 0 Å². The van der Waals surface area contributed by atoms with Crippen LogP contribution in [0.15, 0.2) is 54.9 Å². The molecule has 8 heteroatoms. The first kappa shape index (κ1) is 27.9. The monoisotopic (exact) mass is 525 g/mol. The van der Waals surface area contributed by atoms with Crippen molar-refractivity contribution in [3.8, 4) is 17.2 Å². The minimum Gasteiger partial charge on any atom is -0.493 e. The number of likely N-dealkylation sites (tertiary alicyclic amines) is 1. The van der Waals surface area contributed by atoms with Gasteiger partial charge in [0.25, 0.3) is 0 Å². The summed E-state index contributed by atoms with van der Waals surface area (Å²) in [5.74, 6) is 2.53. The van der Waals surface area contributed by atoms with E-state index < -0.39 is 5.60 Å². The van der Waals surface area contributed by atoms with E-state index in [1.165, 1.54) is 11.6 Å². The first-order valence-electron chi connectivity index (χ1n) is 13.5. The normalized spacial score (nSPS) is 18.2. The van der Waals surface area contributed by atoms with Crippen LogP contribution in [0.1, 0.15) is 44.0 Å². The van der Waals surface area contributed by atoms with Gasteiger partial charge in [0, 0.05) is 45.6 Å². The second-order valence-electron chi connectivity index (χ2n) is 9.81. The average Bonchev–Trinajstić information content (AvgIpc) is 3.31. The van der Waals surface area contributed by atoms with Gasteiger partial charge < -0.3 is 23.5 Å². The Hall–Kier alpha value is -3.10. The van der Waals surface area contributed by atoms with Crippen molar-refractivity contribution < 1.29 is 23.3 Å².